The Morgan fingerprint density at radius 2 is 1.72 bits per heavy atom. The quantitative estimate of drug-likeness (QED) is 0.404. The summed E-state index contributed by atoms with van der Waals surface area (Å²) < 4.78 is 32.1. The Kier molecular flexibility index (Phi) is 11.0. The van der Waals surface area contributed by atoms with E-state index in [9.17, 15) is 18.0 Å². The number of amides is 2. The summed E-state index contributed by atoms with van der Waals surface area (Å²) >= 11 is 6.05. The summed E-state index contributed by atoms with van der Waals surface area (Å²) in [5, 5.41) is 0.617. The van der Waals surface area contributed by atoms with Gasteiger partial charge in [0.15, 0.2) is 0 Å². The summed E-state index contributed by atoms with van der Waals surface area (Å²) in [5.74, 6) is 0.147. The van der Waals surface area contributed by atoms with E-state index in [0.717, 1.165) is 31.2 Å². The molecule has 36 heavy (non-hydrogen) atoms. The minimum Gasteiger partial charge on any atom is -0.383 e. The second-order valence-electron chi connectivity index (χ2n) is 9.83. The number of piperidine rings is 1. The molecule has 1 saturated heterocycles. The summed E-state index contributed by atoms with van der Waals surface area (Å²) in [4.78, 5) is 30.3. The van der Waals surface area contributed by atoms with Crippen molar-refractivity contribution in [2.45, 2.75) is 64.5 Å². The number of carbonyl (C=O) groups is 2. The van der Waals surface area contributed by atoms with E-state index >= 15 is 0 Å². The van der Waals surface area contributed by atoms with Crippen LogP contribution in [0.2, 0.25) is 5.02 Å². The molecule has 0 bridgehead atoms. The number of benzene rings is 1. The van der Waals surface area contributed by atoms with Crippen LogP contribution < -0.4 is 0 Å². The predicted octanol–water partition coefficient (Wildman–Crippen LogP) is 3.54. The molecule has 2 aliphatic rings. The van der Waals surface area contributed by atoms with Crippen LogP contribution in [0, 0.1) is 5.92 Å². The number of methoxy groups -OCH3 is 1. The Morgan fingerprint density at radius 3 is 2.31 bits per heavy atom. The van der Waals surface area contributed by atoms with Gasteiger partial charge < -0.3 is 14.5 Å². The Hall–Kier alpha value is -1.68. The lowest BCUT2D eigenvalue weighted by molar-refractivity contribution is -0.139. The molecule has 1 aliphatic heterocycles. The molecule has 1 aromatic carbocycles. The van der Waals surface area contributed by atoms with Gasteiger partial charge in [0.05, 0.1) is 18.9 Å². The molecular weight excluding hydrogens is 502 g/mol. The third-order valence-corrected chi connectivity index (χ3v) is 9.49. The Morgan fingerprint density at radius 1 is 1.08 bits per heavy atom. The van der Waals surface area contributed by atoms with Crippen molar-refractivity contribution in [1.82, 2.24) is 14.1 Å². The molecule has 0 unspecified atom stereocenters. The molecule has 0 atom stereocenters. The van der Waals surface area contributed by atoms with Crippen molar-refractivity contribution < 1.29 is 22.7 Å². The van der Waals surface area contributed by atoms with Crippen molar-refractivity contribution in [2.24, 2.45) is 5.92 Å². The first-order chi connectivity index (χ1) is 17.2. The zero-order chi connectivity index (χ0) is 26.1. The largest absolute Gasteiger partial charge is 0.383 e. The molecule has 1 saturated carbocycles. The van der Waals surface area contributed by atoms with Gasteiger partial charge in [-0.05, 0) is 49.8 Å². The van der Waals surface area contributed by atoms with E-state index in [-0.39, 0.29) is 49.2 Å². The van der Waals surface area contributed by atoms with E-state index in [1.807, 2.05) is 17.0 Å². The number of nitrogens with zero attached hydrogens (tertiary/aromatic N) is 3. The van der Waals surface area contributed by atoms with E-state index in [1.54, 1.807) is 24.0 Å². The molecule has 1 heterocycles. The van der Waals surface area contributed by atoms with Crippen molar-refractivity contribution in [3.63, 3.8) is 0 Å². The van der Waals surface area contributed by atoms with Crippen molar-refractivity contribution in [1.29, 1.82) is 0 Å². The maximum atomic E-state index is 13.6. The summed E-state index contributed by atoms with van der Waals surface area (Å²) in [6, 6.07) is 7.28. The molecule has 2 amide bonds. The zero-order valence-electron chi connectivity index (χ0n) is 21.5. The second-order valence-corrected chi connectivity index (χ2v) is 12.4. The van der Waals surface area contributed by atoms with Gasteiger partial charge >= 0.3 is 0 Å². The number of hydrogen-bond acceptors (Lipinski definition) is 5. The fourth-order valence-electron chi connectivity index (χ4n) is 5.17. The Labute approximate surface area is 220 Å². The van der Waals surface area contributed by atoms with Crippen LogP contribution >= 0.6 is 11.6 Å². The smallest absolute Gasteiger partial charge is 0.238 e. The first-order valence-corrected chi connectivity index (χ1v) is 15.0. The van der Waals surface area contributed by atoms with E-state index in [1.165, 1.54) is 11.4 Å². The van der Waals surface area contributed by atoms with Gasteiger partial charge in [-0.3, -0.25) is 9.59 Å². The standard InChI is InChI=1S/C26H40ClN3O5S/c1-3-18-36(33,34)29(16-17-35-2)20-25(31)30(19-21-8-10-23(27)11-9-21)24-12-14-28(15-13-24)26(32)22-6-4-5-7-22/h8-11,22,24H,3-7,12-20H2,1-2H3. The summed E-state index contributed by atoms with van der Waals surface area (Å²) in [6.45, 7) is 3.53. The fraction of sp³-hybridized carbons (Fsp3) is 0.692. The van der Waals surface area contributed by atoms with Gasteiger partial charge in [0, 0.05) is 50.3 Å². The fourth-order valence-corrected chi connectivity index (χ4v) is 6.73. The third kappa shape index (κ3) is 7.91. The number of sulfonamides is 1. The van der Waals surface area contributed by atoms with Crippen LogP contribution in [0.1, 0.15) is 57.4 Å². The maximum absolute atomic E-state index is 13.6. The number of halogens is 1. The lowest BCUT2D eigenvalue weighted by Gasteiger charge is -2.40. The highest BCUT2D eigenvalue weighted by Crippen LogP contribution is 2.29. The monoisotopic (exact) mass is 541 g/mol. The average Bonchev–Trinajstić information content (AvgIpc) is 3.41. The molecule has 0 spiro atoms. The molecule has 1 aromatic rings. The van der Waals surface area contributed by atoms with Gasteiger partial charge in [-0.15, -0.1) is 0 Å². The summed E-state index contributed by atoms with van der Waals surface area (Å²) in [5.41, 5.74) is 0.928. The van der Waals surface area contributed by atoms with Crippen molar-refractivity contribution in [3.05, 3.63) is 34.9 Å². The molecule has 0 radical (unpaired) electrons. The zero-order valence-corrected chi connectivity index (χ0v) is 23.1. The van der Waals surface area contributed by atoms with Gasteiger partial charge in [0.1, 0.15) is 0 Å². The van der Waals surface area contributed by atoms with Crippen molar-refractivity contribution in [3.8, 4) is 0 Å². The molecule has 2 fully saturated rings. The normalized spacial score (nSPS) is 17.6. The molecule has 1 aliphatic carbocycles. The molecule has 202 valence electrons. The van der Waals surface area contributed by atoms with Crippen LogP contribution in [0.4, 0.5) is 0 Å². The average molecular weight is 542 g/mol. The van der Waals surface area contributed by atoms with E-state index in [2.05, 4.69) is 0 Å². The van der Waals surface area contributed by atoms with Crippen molar-refractivity contribution in [2.75, 3.05) is 45.6 Å². The number of carbonyl (C=O) groups excluding carboxylic acids is 2. The van der Waals surface area contributed by atoms with Crippen LogP contribution in [0.3, 0.4) is 0 Å². The van der Waals surface area contributed by atoms with E-state index in [4.69, 9.17) is 16.3 Å². The lowest BCUT2D eigenvalue weighted by Crippen LogP contribution is -2.52. The first-order valence-electron chi connectivity index (χ1n) is 13.0. The number of ether oxygens (including phenoxy) is 1. The topological polar surface area (TPSA) is 87.2 Å². The molecule has 0 aromatic heterocycles. The van der Waals surface area contributed by atoms with Crippen molar-refractivity contribution >= 4 is 33.4 Å². The first kappa shape index (κ1) is 28.9. The number of likely N-dealkylation sites (tertiary alicyclic amines) is 1. The van der Waals surface area contributed by atoms with E-state index < -0.39 is 10.0 Å². The maximum Gasteiger partial charge on any atom is 0.238 e. The van der Waals surface area contributed by atoms with Crippen LogP contribution in [0.5, 0.6) is 0 Å². The van der Waals surface area contributed by atoms with Crippen LogP contribution in [-0.4, -0.2) is 86.0 Å². The molecule has 10 heteroatoms. The minimum atomic E-state index is -3.58. The van der Waals surface area contributed by atoms with Crippen LogP contribution in [0.25, 0.3) is 0 Å². The lowest BCUT2D eigenvalue weighted by atomic mass is 9.99. The SMILES string of the molecule is CCCS(=O)(=O)N(CCOC)CC(=O)N(Cc1ccc(Cl)cc1)C1CCN(C(=O)C2CCCC2)CC1. The highest BCUT2D eigenvalue weighted by molar-refractivity contribution is 7.89. The number of rotatable bonds is 12. The van der Waals surface area contributed by atoms with Gasteiger partial charge in [-0.2, -0.15) is 4.31 Å². The third-order valence-electron chi connectivity index (χ3n) is 7.22. The second kappa shape index (κ2) is 13.7. The van der Waals surface area contributed by atoms with E-state index in [0.29, 0.717) is 43.9 Å². The summed E-state index contributed by atoms with van der Waals surface area (Å²) in [6.07, 6.45) is 6.03. The Bertz CT molecular complexity index is 958. The highest BCUT2D eigenvalue weighted by atomic mass is 35.5. The van der Waals surface area contributed by atoms with Crippen LogP contribution in [0.15, 0.2) is 24.3 Å². The van der Waals surface area contributed by atoms with Gasteiger partial charge in [-0.1, -0.05) is 43.5 Å². The van der Waals surface area contributed by atoms with Crippen LogP contribution in [-0.2, 0) is 30.9 Å². The Balaban J connectivity index is 1.74. The number of hydrogen-bond donors (Lipinski definition) is 0. The van der Waals surface area contributed by atoms with Gasteiger partial charge in [-0.25, -0.2) is 8.42 Å². The molecular formula is C26H40ClN3O5S. The summed E-state index contributed by atoms with van der Waals surface area (Å²) in [7, 11) is -2.06. The molecule has 8 nitrogen and oxygen atoms in total. The van der Waals surface area contributed by atoms with Gasteiger partial charge in [0.25, 0.3) is 0 Å². The van der Waals surface area contributed by atoms with Gasteiger partial charge in [0.2, 0.25) is 21.8 Å². The highest BCUT2D eigenvalue weighted by Gasteiger charge is 2.34. The predicted molar refractivity (Wildman–Crippen MR) is 141 cm³/mol. The molecule has 3 rings (SSSR count). The molecule has 0 N–H and O–H groups in total. The minimum absolute atomic E-state index is 0.0111.